The Hall–Kier alpha value is -3.66. The SMILES string of the molecule is CCOC(=O)CC[C@H](NC(=O)c1ccc(NC(=O)CCl)c(Oc2ccccc2)n1)C(=O)OCC. The normalized spacial score (nSPS) is 11.1. The number of rotatable bonds is 12. The summed E-state index contributed by atoms with van der Waals surface area (Å²) >= 11 is 5.57. The first-order chi connectivity index (χ1) is 16.4. The zero-order chi connectivity index (χ0) is 24.9. The van der Waals surface area contributed by atoms with Crippen LogP contribution >= 0.6 is 11.6 Å². The number of nitrogens with one attached hydrogen (secondary N) is 2. The van der Waals surface area contributed by atoms with Crippen molar-refractivity contribution in [3.8, 4) is 11.6 Å². The van der Waals surface area contributed by atoms with Crippen LogP contribution < -0.4 is 15.4 Å². The average Bonchev–Trinajstić information content (AvgIpc) is 2.83. The van der Waals surface area contributed by atoms with Crippen molar-refractivity contribution in [1.82, 2.24) is 10.3 Å². The molecule has 0 fully saturated rings. The number of para-hydroxylation sites is 1. The Labute approximate surface area is 201 Å². The number of esters is 2. The summed E-state index contributed by atoms with van der Waals surface area (Å²) in [5.41, 5.74) is 0.121. The largest absolute Gasteiger partial charge is 0.466 e. The Morgan fingerprint density at radius 3 is 2.35 bits per heavy atom. The molecule has 0 radical (unpaired) electrons. The van der Waals surface area contributed by atoms with E-state index >= 15 is 0 Å². The molecule has 0 unspecified atom stereocenters. The van der Waals surface area contributed by atoms with E-state index < -0.39 is 29.8 Å². The minimum Gasteiger partial charge on any atom is -0.466 e. The summed E-state index contributed by atoms with van der Waals surface area (Å²) in [6.07, 6.45) is -0.0998. The molecule has 0 aliphatic rings. The molecule has 0 saturated heterocycles. The first-order valence-corrected chi connectivity index (χ1v) is 11.1. The lowest BCUT2D eigenvalue weighted by Crippen LogP contribution is -2.42. The van der Waals surface area contributed by atoms with Crippen LogP contribution in [0.25, 0.3) is 0 Å². The molecule has 10 nitrogen and oxygen atoms in total. The predicted octanol–water partition coefficient (Wildman–Crippen LogP) is 3.06. The van der Waals surface area contributed by atoms with Crippen LogP contribution in [-0.2, 0) is 23.9 Å². The Bertz CT molecular complexity index is 1000. The number of aromatic nitrogens is 1. The highest BCUT2D eigenvalue weighted by Gasteiger charge is 2.25. The highest BCUT2D eigenvalue weighted by atomic mass is 35.5. The van der Waals surface area contributed by atoms with Gasteiger partial charge in [-0.3, -0.25) is 14.4 Å². The molecule has 0 saturated carbocycles. The van der Waals surface area contributed by atoms with Crippen LogP contribution in [0.15, 0.2) is 42.5 Å². The fourth-order valence-corrected chi connectivity index (χ4v) is 2.81. The Morgan fingerprint density at radius 1 is 1.00 bits per heavy atom. The average molecular weight is 492 g/mol. The van der Waals surface area contributed by atoms with Crippen LogP contribution in [0.1, 0.15) is 37.2 Å². The summed E-state index contributed by atoms with van der Waals surface area (Å²) in [5.74, 6) is -2.28. The van der Waals surface area contributed by atoms with Gasteiger partial charge in [-0.1, -0.05) is 18.2 Å². The van der Waals surface area contributed by atoms with Crippen LogP contribution in [0.5, 0.6) is 11.6 Å². The monoisotopic (exact) mass is 491 g/mol. The summed E-state index contributed by atoms with van der Waals surface area (Å²) in [5, 5.41) is 5.08. The van der Waals surface area contributed by atoms with E-state index in [1.807, 2.05) is 0 Å². The Balaban J connectivity index is 2.25. The number of amides is 2. The molecule has 2 amide bonds. The fourth-order valence-electron chi connectivity index (χ4n) is 2.74. The van der Waals surface area contributed by atoms with Crippen molar-refractivity contribution in [1.29, 1.82) is 0 Å². The standard InChI is InChI=1S/C23H26ClN3O7/c1-3-32-20(29)13-12-18(23(31)33-4-2)26-21(30)16-10-11-17(25-19(28)14-24)22(27-16)34-15-8-6-5-7-9-15/h5-11,18H,3-4,12-14H2,1-2H3,(H,25,28)(H,26,30)/t18-/m0/s1. The summed E-state index contributed by atoms with van der Waals surface area (Å²) in [6, 6.07) is 10.3. The predicted molar refractivity (Wildman–Crippen MR) is 124 cm³/mol. The minimum absolute atomic E-state index is 0.0133. The number of pyridine rings is 1. The number of anilines is 1. The number of nitrogens with zero attached hydrogens (tertiary/aromatic N) is 1. The quantitative estimate of drug-likeness (QED) is 0.342. The van der Waals surface area contributed by atoms with Crippen molar-refractivity contribution in [3.63, 3.8) is 0 Å². The van der Waals surface area contributed by atoms with Gasteiger partial charge in [-0.15, -0.1) is 11.6 Å². The number of carbonyl (C=O) groups excluding carboxylic acids is 4. The molecule has 0 aliphatic heterocycles. The maximum Gasteiger partial charge on any atom is 0.328 e. The molecule has 11 heteroatoms. The molecule has 182 valence electrons. The van der Waals surface area contributed by atoms with Crippen molar-refractivity contribution in [2.75, 3.05) is 24.4 Å². The van der Waals surface area contributed by atoms with E-state index in [-0.39, 0.29) is 49.2 Å². The van der Waals surface area contributed by atoms with Gasteiger partial charge in [0.2, 0.25) is 11.8 Å². The van der Waals surface area contributed by atoms with Gasteiger partial charge in [0.15, 0.2) is 0 Å². The zero-order valence-corrected chi connectivity index (χ0v) is 19.6. The second kappa shape index (κ2) is 13.8. The molecule has 2 N–H and O–H groups in total. The molecule has 0 spiro atoms. The van der Waals surface area contributed by atoms with Gasteiger partial charge in [0.1, 0.15) is 29.1 Å². The van der Waals surface area contributed by atoms with Crippen molar-refractivity contribution >= 4 is 41.0 Å². The first-order valence-electron chi connectivity index (χ1n) is 10.6. The second-order valence-corrected chi connectivity index (χ2v) is 7.04. The highest BCUT2D eigenvalue weighted by Crippen LogP contribution is 2.28. The summed E-state index contributed by atoms with van der Waals surface area (Å²) in [4.78, 5) is 52.8. The Morgan fingerprint density at radius 2 is 1.71 bits per heavy atom. The topological polar surface area (TPSA) is 133 Å². The maximum atomic E-state index is 12.9. The van der Waals surface area contributed by atoms with Gasteiger partial charge in [-0.2, -0.15) is 0 Å². The van der Waals surface area contributed by atoms with Gasteiger partial charge in [0.05, 0.1) is 13.2 Å². The Kier molecular flexibility index (Phi) is 10.8. The lowest BCUT2D eigenvalue weighted by Gasteiger charge is -2.17. The summed E-state index contributed by atoms with van der Waals surface area (Å²) < 4.78 is 15.6. The molecule has 1 atom stereocenters. The van der Waals surface area contributed by atoms with Crippen LogP contribution in [-0.4, -0.2) is 53.9 Å². The fraction of sp³-hybridized carbons (Fsp3) is 0.348. The van der Waals surface area contributed by atoms with E-state index in [1.54, 1.807) is 44.2 Å². The van der Waals surface area contributed by atoms with Crippen molar-refractivity contribution in [2.24, 2.45) is 0 Å². The molecule has 2 rings (SSSR count). The van der Waals surface area contributed by atoms with E-state index in [0.717, 1.165) is 0 Å². The molecule has 1 heterocycles. The molecule has 0 aliphatic carbocycles. The lowest BCUT2D eigenvalue weighted by molar-refractivity contribution is -0.146. The molecule has 1 aromatic carbocycles. The molecular formula is C23H26ClN3O7. The molecular weight excluding hydrogens is 466 g/mol. The maximum absolute atomic E-state index is 12.9. The first kappa shape index (κ1) is 26.6. The lowest BCUT2D eigenvalue weighted by atomic mass is 10.1. The van der Waals surface area contributed by atoms with Gasteiger partial charge in [0.25, 0.3) is 5.91 Å². The highest BCUT2D eigenvalue weighted by molar-refractivity contribution is 6.29. The molecule has 34 heavy (non-hydrogen) atoms. The van der Waals surface area contributed by atoms with E-state index in [4.69, 9.17) is 25.8 Å². The smallest absolute Gasteiger partial charge is 0.328 e. The van der Waals surface area contributed by atoms with E-state index in [0.29, 0.717) is 5.75 Å². The van der Waals surface area contributed by atoms with Crippen molar-refractivity contribution < 1.29 is 33.4 Å². The number of alkyl halides is 1. The third-order valence-corrected chi connectivity index (χ3v) is 4.51. The number of hydrogen-bond acceptors (Lipinski definition) is 8. The van der Waals surface area contributed by atoms with E-state index in [9.17, 15) is 19.2 Å². The summed E-state index contributed by atoms with van der Waals surface area (Å²) in [6.45, 7) is 3.61. The summed E-state index contributed by atoms with van der Waals surface area (Å²) in [7, 11) is 0. The van der Waals surface area contributed by atoms with E-state index in [1.165, 1.54) is 12.1 Å². The van der Waals surface area contributed by atoms with Crippen LogP contribution in [0, 0.1) is 0 Å². The van der Waals surface area contributed by atoms with Gasteiger partial charge in [-0.25, -0.2) is 9.78 Å². The molecule has 0 bridgehead atoms. The third kappa shape index (κ3) is 8.36. The van der Waals surface area contributed by atoms with Gasteiger partial charge >= 0.3 is 11.9 Å². The van der Waals surface area contributed by atoms with Crippen molar-refractivity contribution in [3.05, 3.63) is 48.2 Å². The van der Waals surface area contributed by atoms with Crippen molar-refractivity contribution in [2.45, 2.75) is 32.7 Å². The number of halogens is 1. The second-order valence-electron chi connectivity index (χ2n) is 6.77. The van der Waals surface area contributed by atoms with Gasteiger partial charge < -0.3 is 24.8 Å². The van der Waals surface area contributed by atoms with Gasteiger partial charge in [0, 0.05) is 6.42 Å². The number of hydrogen-bond donors (Lipinski definition) is 2. The third-order valence-electron chi connectivity index (χ3n) is 4.27. The van der Waals surface area contributed by atoms with Crippen LogP contribution in [0.2, 0.25) is 0 Å². The van der Waals surface area contributed by atoms with Gasteiger partial charge in [-0.05, 0) is 44.5 Å². The minimum atomic E-state index is -1.09. The number of benzene rings is 1. The molecule has 2 aromatic rings. The van der Waals surface area contributed by atoms with Crippen LogP contribution in [0.3, 0.4) is 0 Å². The zero-order valence-electron chi connectivity index (χ0n) is 18.8. The van der Waals surface area contributed by atoms with E-state index in [2.05, 4.69) is 15.6 Å². The van der Waals surface area contributed by atoms with Crippen LogP contribution in [0.4, 0.5) is 5.69 Å². The number of ether oxygens (including phenoxy) is 3. The number of carbonyl (C=O) groups is 4. The molecule has 1 aromatic heterocycles.